The van der Waals surface area contributed by atoms with Crippen molar-refractivity contribution in [2.45, 2.75) is 5.38 Å². The molecule has 0 bridgehead atoms. The topological polar surface area (TPSA) is 26.3 Å². The van der Waals surface area contributed by atoms with E-state index in [-0.39, 0.29) is 0 Å². The minimum Gasteiger partial charge on any atom is -0.497 e. The van der Waals surface area contributed by atoms with Gasteiger partial charge in [-0.15, -0.1) is 11.6 Å². The molecule has 1 rings (SSSR count). The normalized spacial score (nSPS) is 12.2. The lowest BCUT2D eigenvalue weighted by atomic mass is 10.1. The van der Waals surface area contributed by atoms with Crippen LogP contribution in [0.3, 0.4) is 0 Å². The zero-order valence-electron chi connectivity index (χ0n) is 6.58. The molecule has 0 aliphatic carbocycles. The maximum Gasteiger partial charge on any atom is 0.222 e. The highest BCUT2D eigenvalue weighted by atomic mass is 35.5. The van der Waals surface area contributed by atoms with E-state index in [0.717, 1.165) is 11.3 Å². The van der Waals surface area contributed by atoms with Crippen LogP contribution in [0.25, 0.3) is 0 Å². The molecule has 0 heterocycles. The van der Waals surface area contributed by atoms with Gasteiger partial charge >= 0.3 is 0 Å². The number of carbonyl (C=O) groups excluding carboxylic acids is 1. The molecule has 0 saturated carbocycles. The van der Waals surface area contributed by atoms with Gasteiger partial charge in [0.15, 0.2) is 0 Å². The molecule has 0 N–H and O–H groups in total. The highest BCUT2D eigenvalue weighted by molar-refractivity contribution is 6.27. The van der Waals surface area contributed by atoms with Gasteiger partial charge in [-0.3, -0.25) is 4.79 Å². The van der Waals surface area contributed by atoms with Crippen LogP contribution in [0.4, 0.5) is 0 Å². The first-order chi connectivity index (χ1) is 5.77. The van der Waals surface area contributed by atoms with Gasteiger partial charge in [-0.1, -0.05) is 12.1 Å². The van der Waals surface area contributed by atoms with E-state index in [2.05, 4.69) is 0 Å². The zero-order valence-corrected chi connectivity index (χ0v) is 7.34. The standard InChI is InChI=1S/C9H8ClO2/c1-12-8-4-2-7(3-5-8)9(10)6-11/h2-5,9H,1H3. The summed E-state index contributed by atoms with van der Waals surface area (Å²) in [4.78, 5) is 10.2. The summed E-state index contributed by atoms with van der Waals surface area (Å²) in [5.74, 6) is 0.744. The number of methoxy groups -OCH3 is 1. The van der Waals surface area contributed by atoms with Gasteiger partial charge in [-0.05, 0) is 17.7 Å². The molecule has 1 aromatic carbocycles. The van der Waals surface area contributed by atoms with Crippen LogP contribution < -0.4 is 4.74 Å². The zero-order chi connectivity index (χ0) is 8.97. The summed E-state index contributed by atoms with van der Waals surface area (Å²) < 4.78 is 4.94. The lowest BCUT2D eigenvalue weighted by Crippen LogP contribution is -1.90. The maximum absolute atomic E-state index is 10.2. The second-order valence-electron chi connectivity index (χ2n) is 2.25. The van der Waals surface area contributed by atoms with Crippen molar-refractivity contribution >= 4 is 17.9 Å². The van der Waals surface area contributed by atoms with E-state index in [1.165, 1.54) is 0 Å². The van der Waals surface area contributed by atoms with E-state index in [9.17, 15) is 4.79 Å². The number of hydrogen-bond donors (Lipinski definition) is 0. The molecule has 0 spiro atoms. The molecular weight excluding hydrogens is 176 g/mol. The number of benzene rings is 1. The summed E-state index contributed by atoms with van der Waals surface area (Å²) >= 11 is 5.62. The number of rotatable bonds is 3. The summed E-state index contributed by atoms with van der Waals surface area (Å²) in [5, 5.41) is -0.684. The molecule has 0 aliphatic rings. The third kappa shape index (κ3) is 1.98. The molecule has 0 saturated heterocycles. The number of ether oxygens (including phenoxy) is 1. The van der Waals surface area contributed by atoms with Gasteiger partial charge in [0, 0.05) is 0 Å². The van der Waals surface area contributed by atoms with E-state index in [0.29, 0.717) is 0 Å². The Kier molecular flexibility index (Phi) is 3.11. The molecule has 2 nitrogen and oxygen atoms in total. The van der Waals surface area contributed by atoms with Crippen LogP contribution in [0.15, 0.2) is 24.3 Å². The first-order valence-electron chi connectivity index (χ1n) is 3.43. The Balaban J connectivity index is 2.84. The summed E-state index contributed by atoms with van der Waals surface area (Å²) in [6, 6.07) is 6.98. The van der Waals surface area contributed by atoms with Gasteiger partial charge in [0.25, 0.3) is 0 Å². The van der Waals surface area contributed by atoms with Crippen molar-refractivity contribution in [2.75, 3.05) is 7.11 Å². The summed E-state index contributed by atoms with van der Waals surface area (Å²) in [5.41, 5.74) is 0.729. The van der Waals surface area contributed by atoms with E-state index in [1.54, 1.807) is 37.7 Å². The molecular formula is C9H8ClO2. The second kappa shape index (κ2) is 4.12. The van der Waals surface area contributed by atoms with Gasteiger partial charge in [-0.25, -0.2) is 0 Å². The van der Waals surface area contributed by atoms with Gasteiger partial charge in [-0.2, -0.15) is 0 Å². The molecule has 0 fully saturated rings. The van der Waals surface area contributed by atoms with Crippen LogP contribution in [-0.4, -0.2) is 13.4 Å². The molecule has 1 atom stereocenters. The van der Waals surface area contributed by atoms with E-state index in [4.69, 9.17) is 16.3 Å². The van der Waals surface area contributed by atoms with Crippen molar-refractivity contribution < 1.29 is 9.53 Å². The van der Waals surface area contributed by atoms with Crippen LogP contribution >= 0.6 is 11.6 Å². The fraction of sp³-hybridized carbons (Fsp3) is 0.222. The Morgan fingerprint density at radius 2 is 2.00 bits per heavy atom. The summed E-state index contributed by atoms with van der Waals surface area (Å²) in [6.45, 7) is 0. The smallest absolute Gasteiger partial charge is 0.222 e. The molecule has 1 radical (unpaired) electrons. The Morgan fingerprint density at radius 1 is 1.42 bits per heavy atom. The van der Waals surface area contributed by atoms with Gasteiger partial charge in [0.2, 0.25) is 6.29 Å². The first kappa shape index (κ1) is 9.07. The van der Waals surface area contributed by atoms with Crippen molar-refractivity contribution in [2.24, 2.45) is 0 Å². The Morgan fingerprint density at radius 3 is 2.42 bits per heavy atom. The van der Waals surface area contributed by atoms with Crippen LogP contribution in [0.2, 0.25) is 0 Å². The largest absolute Gasteiger partial charge is 0.497 e. The van der Waals surface area contributed by atoms with Crippen molar-refractivity contribution in [3.05, 3.63) is 29.8 Å². The Hall–Kier alpha value is -1.02. The first-order valence-corrected chi connectivity index (χ1v) is 3.87. The number of halogens is 1. The highest BCUT2D eigenvalue weighted by Gasteiger charge is 2.05. The third-order valence-corrected chi connectivity index (χ3v) is 1.85. The maximum atomic E-state index is 10.2. The second-order valence-corrected chi connectivity index (χ2v) is 2.69. The monoisotopic (exact) mass is 183 g/mol. The molecule has 0 aromatic heterocycles. The van der Waals surface area contributed by atoms with Gasteiger partial charge < -0.3 is 4.74 Å². The Bertz CT molecular complexity index is 256. The van der Waals surface area contributed by atoms with Crippen LogP contribution in [0.5, 0.6) is 5.75 Å². The molecule has 1 aromatic rings. The minimum atomic E-state index is -0.684. The van der Waals surface area contributed by atoms with E-state index >= 15 is 0 Å². The Labute approximate surface area is 76.1 Å². The summed E-state index contributed by atoms with van der Waals surface area (Å²) in [6.07, 6.45) is 1.69. The lowest BCUT2D eigenvalue weighted by molar-refractivity contribution is 0.414. The average molecular weight is 184 g/mol. The van der Waals surface area contributed by atoms with Crippen molar-refractivity contribution in [1.29, 1.82) is 0 Å². The lowest BCUT2D eigenvalue weighted by Gasteiger charge is -2.02. The fourth-order valence-electron chi connectivity index (χ4n) is 0.841. The third-order valence-electron chi connectivity index (χ3n) is 1.51. The minimum absolute atomic E-state index is 0.684. The van der Waals surface area contributed by atoms with E-state index in [1.807, 2.05) is 0 Å². The van der Waals surface area contributed by atoms with Gasteiger partial charge in [0.1, 0.15) is 11.1 Å². The molecule has 12 heavy (non-hydrogen) atoms. The molecule has 1 unspecified atom stereocenters. The van der Waals surface area contributed by atoms with Crippen LogP contribution in [0.1, 0.15) is 10.9 Å². The van der Waals surface area contributed by atoms with Gasteiger partial charge in [0.05, 0.1) is 7.11 Å². The highest BCUT2D eigenvalue weighted by Crippen LogP contribution is 2.20. The SMILES string of the molecule is COc1ccc(C(Cl)[C]=O)cc1. The van der Waals surface area contributed by atoms with Crippen molar-refractivity contribution in [3.63, 3.8) is 0 Å². The van der Waals surface area contributed by atoms with Crippen LogP contribution in [-0.2, 0) is 4.79 Å². The summed E-state index contributed by atoms with van der Waals surface area (Å²) in [7, 11) is 1.58. The molecule has 0 amide bonds. The predicted octanol–water partition coefficient (Wildman–Crippen LogP) is 2.08. The molecule has 63 valence electrons. The van der Waals surface area contributed by atoms with Crippen molar-refractivity contribution in [1.82, 2.24) is 0 Å². The number of hydrogen-bond acceptors (Lipinski definition) is 2. The van der Waals surface area contributed by atoms with E-state index < -0.39 is 5.38 Å². The molecule has 3 heteroatoms. The average Bonchev–Trinajstić information content (AvgIpc) is 2.17. The molecule has 0 aliphatic heterocycles. The van der Waals surface area contributed by atoms with Crippen LogP contribution in [0, 0.1) is 0 Å². The fourth-order valence-corrected chi connectivity index (χ4v) is 0.986. The quantitative estimate of drug-likeness (QED) is 0.671. The van der Waals surface area contributed by atoms with Crippen molar-refractivity contribution in [3.8, 4) is 5.75 Å². The predicted molar refractivity (Wildman–Crippen MR) is 47.3 cm³/mol. The number of alkyl halides is 1.